The molecule has 4 aromatic rings. The Hall–Kier alpha value is -3.32. The first-order valence-electron chi connectivity index (χ1n) is 9.26. The van der Waals surface area contributed by atoms with Crippen LogP contribution in [0, 0.1) is 27.7 Å². The molecule has 0 bridgehead atoms. The van der Waals surface area contributed by atoms with Gasteiger partial charge in [-0.1, -0.05) is 23.8 Å². The van der Waals surface area contributed by atoms with E-state index in [1.54, 1.807) is 12.4 Å². The lowest BCUT2D eigenvalue weighted by molar-refractivity contribution is 0.102. The molecule has 3 heterocycles. The van der Waals surface area contributed by atoms with Crippen LogP contribution in [-0.4, -0.2) is 26.1 Å². The Morgan fingerprint density at radius 1 is 1.07 bits per heavy atom. The number of aromatic amines is 1. The van der Waals surface area contributed by atoms with Crippen LogP contribution in [0.15, 0.2) is 42.7 Å². The molecule has 3 aromatic heterocycles. The fourth-order valence-corrected chi connectivity index (χ4v) is 4.31. The normalized spacial score (nSPS) is 10.9. The summed E-state index contributed by atoms with van der Waals surface area (Å²) in [5, 5.41) is 11.1. The molecule has 1 amide bonds. The van der Waals surface area contributed by atoms with Crippen LogP contribution in [0.5, 0.6) is 0 Å². The third-order valence-electron chi connectivity index (χ3n) is 4.83. The smallest absolute Gasteiger partial charge is 0.268 e. The molecule has 0 saturated heterocycles. The van der Waals surface area contributed by atoms with Crippen molar-refractivity contribution in [2.24, 2.45) is 0 Å². The van der Waals surface area contributed by atoms with E-state index in [4.69, 9.17) is 0 Å². The zero-order valence-corrected chi connectivity index (χ0v) is 17.5. The second-order valence-corrected chi connectivity index (χ2v) is 8.01. The van der Waals surface area contributed by atoms with Crippen LogP contribution in [0.1, 0.15) is 32.1 Å². The summed E-state index contributed by atoms with van der Waals surface area (Å²) in [6.45, 7) is 7.91. The quantitative estimate of drug-likeness (QED) is 0.498. The van der Waals surface area contributed by atoms with E-state index >= 15 is 0 Å². The van der Waals surface area contributed by atoms with Crippen LogP contribution < -0.4 is 5.32 Å². The highest BCUT2D eigenvalue weighted by Crippen LogP contribution is 2.32. The SMILES string of the molecule is Cc1ccc(-c2nc(C)c(C(=O)Nc3n[nH]c(-c4ccncc4)c3C)s2)c(C)c1. The zero-order valence-electron chi connectivity index (χ0n) is 16.7. The molecule has 0 fully saturated rings. The molecule has 0 aliphatic heterocycles. The van der Waals surface area contributed by atoms with Gasteiger partial charge in [0, 0.05) is 29.1 Å². The number of aromatic nitrogens is 4. The van der Waals surface area contributed by atoms with Crippen molar-refractivity contribution in [2.75, 3.05) is 5.32 Å². The third-order valence-corrected chi connectivity index (χ3v) is 6.02. The largest absolute Gasteiger partial charge is 0.304 e. The van der Waals surface area contributed by atoms with Gasteiger partial charge in [-0.15, -0.1) is 11.3 Å². The minimum Gasteiger partial charge on any atom is -0.304 e. The van der Waals surface area contributed by atoms with Crippen molar-refractivity contribution in [1.82, 2.24) is 20.2 Å². The highest BCUT2D eigenvalue weighted by molar-refractivity contribution is 7.17. The highest BCUT2D eigenvalue weighted by atomic mass is 32.1. The Kier molecular flexibility index (Phi) is 4.98. The van der Waals surface area contributed by atoms with E-state index in [1.807, 2.05) is 26.0 Å². The van der Waals surface area contributed by atoms with E-state index in [-0.39, 0.29) is 5.91 Å². The summed E-state index contributed by atoms with van der Waals surface area (Å²) in [6.07, 6.45) is 3.45. The number of rotatable bonds is 4. The van der Waals surface area contributed by atoms with Crippen LogP contribution in [0.25, 0.3) is 21.8 Å². The van der Waals surface area contributed by atoms with Gasteiger partial charge in [0.05, 0.1) is 11.4 Å². The lowest BCUT2D eigenvalue weighted by Gasteiger charge is -2.03. The Bertz CT molecular complexity index is 1190. The molecule has 0 spiro atoms. The number of carbonyl (C=O) groups excluding carboxylic acids is 1. The number of carbonyl (C=O) groups is 1. The molecule has 0 aliphatic rings. The molecule has 6 nitrogen and oxygen atoms in total. The average Bonchev–Trinajstić information content (AvgIpc) is 3.25. The minimum atomic E-state index is -0.202. The molecule has 0 radical (unpaired) electrons. The van der Waals surface area contributed by atoms with Gasteiger partial charge < -0.3 is 5.32 Å². The van der Waals surface area contributed by atoms with Crippen molar-refractivity contribution in [2.45, 2.75) is 27.7 Å². The van der Waals surface area contributed by atoms with Gasteiger partial charge in [0.15, 0.2) is 5.82 Å². The first-order chi connectivity index (χ1) is 13.9. The summed E-state index contributed by atoms with van der Waals surface area (Å²) in [5.74, 6) is 0.314. The van der Waals surface area contributed by atoms with Gasteiger partial charge in [-0.2, -0.15) is 5.10 Å². The van der Waals surface area contributed by atoms with Crippen LogP contribution in [0.4, 0.5) is 5.82 Å². The maximum atomic E-state index is 12.9. The molecule has 0 aliphatic carbocycles. The summed E-state index contributed by atoms with van der Waals surface area (Å²) < 4.78 is 0. The third kappa shape index (κ3) is 3.69. The van der Waals surface area contributed by atoms with Gasteiger partial charge in [-0.05, 0) is 45.4 Å². The van der Waals surface area contributed by atoms with E-state index < -0.39 is 0 Å². The maximum Gasteiger partial charge on any atom is 0.268 e. The Morgan fingerprint density at radius 3 is 2.55 bits per heavy atom. The maximum absolute atomic E-state index is 12.9. The number of nitrogens with one attached hydrogen (secondary N) is 2. The van der Waals surface area contributed by atoms with E-state index in [0.29, 0.717) is 16.4 Å². The minimum absolute atomic E-state index is 0.202. The molecule has 146 valence electrons. The van der Waals surface area contributed by atoms with Gasteiger partial charge in [0.2, 0.25) is 0 Å². The fraction of sp³-hybridized carbons (Fsp3) is 0.182. The number of benzene rings is 1. The number of amides is 1. The van der Waals surface area contributed by atoms with E-state index in [0.717, 1.165) is 33.0 Å². The van der Waals surface area contributed by atoms with Gasteiger partial charge >= 0.3 is 0 Å². The average molecular weight is 404 g/mol. The number of H-pyrrole nitrogens is 1. The Labute approximate surface area is 173 Å². The molecule has 1 aromatic carbocycles. The van der Waals surface area contributed by atoms with E-state index in [9.17, 15) is 4.79 Å². The number of hydrogen-bond donors (Lipinski definition) is 2. The van der Waals surface area contributed by atoms with Crippen molar-refractivity contribution < 1.29 is 4.79 Å². The first-order valence-corrected chi connectivity index (χ1v) is 10.1. The summed E-state index contributed by atoms with van der Waals surface area (Å²) in [4.78, 5) is 22.2. The second kappa shape index (κ2) is 7.60. The van der Waals surface area contributed by atoms with Crippen LogP contribution in [-0.2, 0) is 0 Å². The van der Waals surface area contributed by atoms with E-state index in [1.165, 1.54) is 16.9 Å². The molecule has 0 unspecified atom stereocenters. The molecule has 4 rings (SSSR count). The number of hydrogen-bond acceptors (Lipinski definition) is 5. The van der Waals surface area contributed by atoms with E-state index in [2.05, 4.69) is 57.5 Å². The topological polar surface area (TPSA) is 83.6 Å². The summed E-state index contributed by atoms with van der Waals surface area (Å²) in [5.41, 5.74) is 6.83. The van der Waals surface area contributed by atoms with Crippen molar-refractivity contribution in [1.29, 1.82) is 0 Å². The van der Waals surface area contributed by atoms with Gasteiger partial charge in [-0.25, -0.2) is 4.98 Å². The Morgan fingerprint density at radius 2 is 1.83 bits per heavy atom. The summed E-state index contributed by atoms with van der Waals surface area (Å²) in [7, 11) is 0. The molecular weight excluding hydrogens is 382 g/mol. The number of nitrogens with zero attached hydrogens (tertiary/aromatic N) is 3. The number of thiazole rings is 1. The van der Waals surface area contributed by atoms with Crippen LogP contribution in [0.3, 0.4) is 0 Å². The summed E-state index contributed by atoms with van der Waals surface area (Å²) in [6, 6.07) is 10.0. The molecule has 29 heavy (non-hydrogen) atoms. The molecule has 0 atom stereocenters. The highest BCUT2D eigenvalue weighted by Gasteiger charge is 2.20. The van der Waals surface area contributed by atoms with Crippen molar-refractivity contribution in [3.8, 4) is 21.8 Å². The van der Waals surface area contributed by atoms with Crippen molar-refractivity contribution >= 4 is 23.1 Å². The first kappa shape index (κ1) is 19.0. The number of aryl methyl sites for hydroxylation is 3. The second-order valence-electron chi connectivity index (χ2n) is 7.01. The molecule has 2 N–H and O–H groups in total. The lowest BCUT2D eigenvalue weighted by atomic mass is 10.1. The lowest BCUT2D eigenvalue weighted by Crippen LogP contribution is -2.12. The van der Waals surface area contributed by atoms with Crippen LogP contribution >= 0.6 is 11.3 Å². The predicted molar refractivity (Wildman–Crippen MR) is 116 cm³/mol. The van der Waals surface area contributed by atoms with Crippen molar-refractivity contribution in [3.63, 3.8) is 0 Å². The van der Waals surface area contributed by atoms with Gasteiger partial charge in [-0.3, -0.25) is 14.9 Å². The Balaban J connectivity index is 1.60. The fourth-order valence-electron chi connectivity index (χ4n) is 3.26. The molecule has 0 saturated carbocycles. The van der Waals surface area contributed by atoms with Gasteiger partial charge in [0.25, 0.3) is 5.91 Å². The van der Waals surface area contributed by atoms with Crippen LogP contribution in [0.2, 0.25) is 0 Å². The van der Waals surface area contributed by atoms with Crippen molar-refractivity contribution in [3.05, 3.63) is 70.0 Å². The molecule has 7 heteroatoms. The summed E-state index contributed by atoms with van der Waals surface area (Å²) >= 11 is 1.40. The van der Waals surface area contributed by atoms with Gasteiger partial charge in [0.1, 0.15) is 9.88 Å². The molecular formula is C22H21N5OS. The standard InChI is InChI=1S/C22H21N5OS/c1-12-5-6-17(13(2)11-12)22-24-15(4)19(29-22)21(28)25-20-14(3)18(26-27-20)16-7-9-23-10-8-16/h5-11H,1-4H3,(H2,25,26,27,28). The zero-order chi connectivity index (χ0) is 20.5. The monoisotopic (exact) mass is 403 g/mol. The predicted octanol–water partition coefficient (Wildman–Crippen LogP) is 5.08. The number of pyridine rings is 1. The number of anilines is 1.